The van der Waals surface area contributed by atoms with Gasteiger partial charge < -0.3 is 15.8 Å². The molecule has 0 unspecified atom stereocenters. The highest BCUT2D eigenvalue weighted by molar-refractivity contribution is 6.31. The van der Waals surface area contributed by atoms with Gasteiger partial charge in [-0.2, -0.15) is 0 Å². The number of nitrogen functional groups attached to an aromatic ring is 1. The summed E-state index contributed by atoms with van der Waals surface area (Å²) in [7, 11) is 0. The Bertz CT molecular complexity index is 366. The molecule has 1 saturated carbocycles. The highest BCUT2D eigenvalue weighted by Crippen LogP contribution is 2.28. The van der Waals surface area contributed by atoms with Crippen LogP contribution in [-0.4, -0.2) is 19.8 Å². The first-order valence-corrected chi connectivity index (χ1v) is 6.50. The average molecular weight is 255 g/mol. The zero-order valence-corrected chi connectivity index (χ0v) is 10.7. The molecule has 1 aliphatic rings. The number of halogens is 1. The molecule has 0 saturated heterocycles. The van der Waals surface area contributed by atoms with Gasteiger partial charge in [0, 0.05) is 24.8 Å². The van der Waals surface area contributed by atoms with Crippen LogP contribution in [0.4, 0.5) is 11.4 Å². The first-order valence-electron chi connectivity index (χ1n) is 6.12. The molecule has 3 N–H and O–H groups in total. The van der Waals surface area contributed by atoms with Crippen molar-refractivity contribution in [1.29, 1.82) is 0 Å². The van der Waals surface area contributed by atoms with Crippen LogP contribution < -0.4 is 11.1 Å². The summed E-state index contributed by atoms with van der Waals surface area (Å²) < 4.78 is 5.55. The van der Waals surface area contributed by atoms with Crippen LogP contribution in [0, 0.1) is 5.92 Å². The van der Waals surface area contributed by atoms with Gasteiger partial charge in [0.25, 0.3) is 0 Å². The molecule has 0 heterocycles. The zero-order chi connectivity index (χ0) is 12.1. The van der Waals surface area contributed by atoms with Gasteiger partial charge in [-0.15, -0.1) is 0 Å². The molecule has 0 aromatic heterocycles. The lowest BCUT2D eigenvalue weighted by Gasteiger charge is -2.09. The van der Waals surface area contributed by atoms with Crippen molar-refractivity contribution < 1.29 is 4.74 Å². The van der Waals surface area contributed by atoms with E-state index in [2.05, 4.69) is 5.32 Å². The molecular formula is C13H19ClN2O. The van der Waals surface area contributed by atoms with Gasteiger partial charge in [0.2, 0.25) is 0 Å². The number of benzene rings is 1. The number of nitrogens with two attached hydrogens (primary N) is 1. The summed E-state index contributed by atoms with van der Waals surface area (Å²) in [5.74, 6) is 0.842. The summed E-state index contributed by atoms with van der Waals surface area (Å²) in [5, 5.41) is 3.95. The van der Waals surface area contributed by atoms with E-state index in [0.29, 0.717) is 10.7 Å². The van der Waals surface area contributed by atoms with E-state index in [1.807, 2.05) is 12.1 Å². The molecule has 1 aromatic rings. The minimum Gasteiger partial charge on any atom is -0.397 e. The Morgan fingerprint density at radius 1 is 1.41 bits per heavy atom. The summed E-state index contributed by atoms with van der Waals surface area (Å²) >= 11 is 5.83. The molecule has 1 aromatic carbocycles. The largest absolute Gasteiger partial charge is 0.397 e. The third kappa shape index (κ3) is 4.44. The van der Waals surface area contributed by atoms with Gasteiger partial charge in [-0.25, -0.2) is 0 Å². The maximum absolute atomic E-state index is 5.83. The SMILES string of the molecule is Nc1cc(Cl)ccc1NCCCOCC1CC1. The fourth-order valence-electron chi connectivity index (χ4n) is 1.63. The van der Waals surface area contributed by atoms with Crippen LogP contribution in [-0.2, 0) is 4.74 Å². The highest BCUT2D eigenvalue weighted by atomic mass is 35.5. The minimum absolute atomic E-state index is 0.667. The number of rotatable bonds is 7. The predicted octanol–water partition coefficient (Wildman–Crippen LogP) is 3.15. The minimum atomic E-state index is 0.667. The van der Waals surface area contributed by atoms with E-state index in [9.17, 15) is 0 Å². The Labute approximate surface area is 107 Å². The maximum Gasteiger partial charge on any atom is 0.0574 e. The summed E-state index contributed by atoms with van der Waals surface area (Å²) in [6, 6.07) is 5.50. The maximum atomic E-state index is 5.83. The predicted molar refractivity (Wildman–Crippen MR) is 72.5 cm³/mol. The molecule has 94 valence electrons. The van der Waals surface area contributed by atoms with Crippen LogP contribution in [0.15, 0.2) is 18.2 Å². The summed E-state index contributed by atoms with van der Waals surface area (Å²) in [5.41, 5.74) is 7.46. The second kappa shape index (κ2) is 6.12. The number of hydrogen-bond acceptors (Lipinski definition) is 3. The van der Waals surface area contributed by atoms with Crippen molar-refractivity contribution in [3.05, 3.63) is 23.2 Å². The molecule has 17 heavy (non-hydrogen) atoms. The van der Waals surface area contributed by atoms with Gasteiger partial charge in [-0.1, -0.05) is 11.6 Å². The van der Waals surface area contributed by atoms with Crippen molar-refractivity contribution >= 4 is 23.0 Å². The van der Waals surface area contributed by atoms with E-state index < -0.39 is 0 Å². The third-order valence-electron chi connectivity index (χ3n) is 2.84. The van der Waals surface area contributed by atoms with E-state index in [1.165, 1.54) is 12.8 Å². The van der Waals surface area contributed by atoms with Crippen LogP contribution in [0.2, 0.25) is 5.02 Å². The van der Waals surface area contributed by atoms with Crippen molar-refractivity contribution in [1.82, 2.24) is 0 Å². The van der Waals surface area contributed by atoms with Crippen LogP contribution >= 0.6 is 11.6 Å². The number of hydrogen-bond donors (Lipinski definition) is 2. The van der Waals surface area contributed by atoms with Crippen LogP contribution in [0.5, 0.6) is 0 Å². The van der Waals surface area contributed by atoms with Crippen molar-refractivity contribution in [2.75, 3.05) is 30.8 Å². The average Bonchev–Trinajstić information content (AvgIpc) is 3.09. The van der Waals surface area contributed by atoms with E-state index in [-0.39, 0.29) is 0 Å². The lowest BCUT2D eigenvalue weighted by Crippen LogP contribution is -2.08. The number of anilines is 2. The standard InChI is InChI=1S/C13H19ClN2O/c14-11-4-5-13(12(15)8-11)16-6-1-7-17-9-10-2-3-10/h4-5,8,10,16H,1-3,6-7,9,15H2. The van der Waals surface area contributed by atoms with E-state index >= 15 is 0 Å². The second-order valence-corrected chi connectivity index (χ2v) is 4.97. The zero-order valence-electron chi connectivity index (χ0n) is 9.92. The van der Waals surface area contributed by atoms with Gasteiger partial charge in [0.05, 0.1) is 11.4 Å². The molecular weight excluding hydrogens is 236 g/mol. The first-order chi connectivity index (χ1) is 8.25. The smallest absolute Gasteiger partial charge is 0.0574 e. The van der Waals surface area contributed by atoms with Gasteiger partial charge in [-0.3, -0.25) is 0 Å². The highest BCUT2D eigenvalue weighted by Gasteiger charge is 2.20. The Morgan fingerprint density at radius 3 is 2.94 bits per heavy atom. The lowest BCUT2D eigenvalue weighted by molar-refractivity contribution is 0.124. The van der Waals surface area contributed by atoms with E-state index in [0.717, 1.165) is 37.8 Å². The van der Waals surface area contributed by atoms with Gasteiger partial charge in [0.15, 0.2) is 0 Å². The molecule has 0 bridgehead atoms. The van der Waals surface area contributed by atoms with Crippen molar-refractivity contribution in [3.8, 4) is 0 Å². The quantitative estimate of drug-likeness (QED) is 0.581. The molecule has 0 aliphatic heterocycles. The monoisotopic (exact) mass is 254 g/mol. The molecule has 0 amide bonds. The fourth-order valence-corrected chi connectivity index (χ4v) is 1.81. The van der Waals surface area contributed by atoms with E-state index in [1.54, 1.807) is 6.07 Å². The first kappa shape index (κ1) is 12.5. The van der Waals surface area contributed by atoms with Gasteiger partial charge >= 0.3 is 0 Å². The van der Waals surface area contributed by atoms with Crippen molar-refractivity contribution in [2.45, 2.75) is 19.3 Å². The second-order valence-electron chi connectivity index (χ2n) is 4.53. The number of nitrogens with one attached hydrogen (secondary N) is 1. The van der Waals surface area contributed by atoms with Crippen molar-refractivity contribution in [2.24, 2.45) is 5.92 Å². The molecule has 1 fully saturated rings. The summed E-state index contributed by atoms with van der Waals surface area (Å²) in [6.45, 7) is 2.62. The van der Waals surface area contributed by atoms with Gasteiger partial charge in [0.1, 0.15) is 0 Å². The molecule has 0 atom stereocenters. The molecule has 0 radical (unpaired) electrons. The van der Waals surface area contributed by atoms with Crippen LogP contribution in [0.25, 0.3) is 0 Å². The topological polar surface area (TPSA) is 47.3 Å². The summed E-state index contributed by atoms with van der Waals surface area (Å²) in [4.78, 5) is 0. The Kier molecular flexibility index (Phi) is 4.51. The Morgan fingerprint density at radius 2 is 2.24 bits per heavy atom. The third-order valence-corrected chi connectivity index (χ3v) is 3.08. The van der Waals surface area contributed by atoms with Crippen LogP contribution in [0.1, 0.15) is 19.3 Å². The van der Waals surface area contributed by atoms with E-state index in [4.69, 9.17) is 22.1 Å². The molecule has 1 aliphatic carbocycles. The summed E-state index contributed by atoms with van der Waals surface area (Å²) in [6.07, 6.45) is 3.69. The molecule has 0 spiro atoms. The van der Waals surface area contributed by atoms with Crippen LogP contribution in [0.3, 0.4) is 0 Å². The van der Waals surface area contributed by atoms with Gasteiger partial charge in [-0.05, 0) is 43.4 Å². The fraction of sp³-hybridized carbons (Fsp3) is 0.538. The molecule has 2 rings (SSSR count). The lowest BCUT2D eigenvalue weighted by atomic mass is 10.2. The Balaban J connectivity index is 1.60. The molecule has 4 heteroatoms. The van der Waals surface area contributed by atoms with Crippen molar-refractivity contribution in [3.63, 3.8) is 0 Å². The molecule has 3 nitrogen and oxygen atoms in total. The Hall–Kier alpha value is -0.930. The normalized spacial score (nSPS) is 14.9. The number of ether oxygens (including phenoxy) is 1.